The van der Waals surface area contributed by atoms with Crippen molar-refractivity contribution < 1.29 is 4.74 Å². The Balaban J connectivity index is 2.09. The molecule has 0 spiro atoms. The Kier molecular flexibility index (Phi) is 5.06. The normalized spacial score (nSPS) is 12.2. The van der Waals surface area contributed by atoms with Gasteiger partial charge < -0.3 is 4.74 Å². The molecule has 20 heavy (non-hydrogen) atoms. The maximum Gasteiger partial charge on any atom is 0.190 e. The summed E-state index contributed by atoms with van der Waals surface area (Å²) >= 11 is 7.58. The summed E-state index contributed by atoms with van der Waals surface area (Å²) in [6, 6.07) is 1.14. The fourth-order valence-corrected chi connectivity index (χ4v) is 3.00. The van der Waals surface area contributed by atoms with E-state index >= 15 is 0 Å². The molecule has 5 nitrogen and oxygen atoms in total. The van der Waals surface area contributed by atoms with E-state index < -0.39 is 8.07 Å². The standard InChI is InChI=1S/C12H19ClN4OSSi/c1-19-12-15-10(13)9-7-14-17(11(9)16-12)8-18-5-6-20(2,3)4/h7H,5-6,8H2,1-4H3. The van der Waals surface area contributed by atoms with Gasteiger partial charge in [-0.3, -0.25) is 0 Å². The summed E-state index contributed by atoms with van der Waals surface area (Å²) in [7, 11) is -1.06. The van der Waals surface area contributed by atoms with Crippen molar-refractivity contribution in [1.29, 1.82) is 0 Å². The number of aromatic nitrogens is 4. The number of ether oxygens (including phenoxy) is 1. The van der Waals surface area contributed by atoms with Crippen molar-refractivity contribution >= 4 is 42.5 Å². The van der Waals surface area contributed by atoms with Gasteiger partial charge in [0.25, 0.3) is 0 Å². The average molecular weight is 331 g/mol. The van der Waals surface area contributed by atoms with Gasteiger partial charge in [-0.25, -0.2) is 14.6 Å². The number of nitrogens with zero attached hydrogens (tertiary/aromatic N) is 4. The van der Waals surface area contributed by atoms with Gasteiger partial charge in [-0.05, 0) is 12.3 Å². The Morgan fingerprint density at radius 2 is 2.10 bits per heavy atom. The highest BCUT2D eigenvalue weighted by molar-refractivity contribution is 7.98. The van der Waals surface area contributed by atoms with Crippen molar-refractivity contribution in [2.75, 3.05) is 12.9 Å². The lowest BCUT2D eigenvalue weighted by atomic mass is 10.4. The first kappa shape index (κ1) is 15.8. The molecule has 0 aliphatic rings. The van der Waals surface area contributed by atoms with E-state index in [-0.39, 0.29) is 0 Å². The first-order valence-electron chi connectivity index (χ1n) is 6.41. The molecular weight excluding hydrogens is 312 g/mol. The van der Waals surface area contributed by atoms with Crippen molar-refractivity contribution in [2.24, 2.45) is 0 Å². The molecule has 0 aliphatic heterocycles. The van der Waals surface area contributed by atoms with Crippen LogP contribution in [0.15, 0.2) is 11.4 Å². The van der Waals surface area contributed by atoms with E-state index in [0.29, 0.717) is 17.0 Å². The van der Waals surface area contributed by atoms with Crippen LogP contribution in [0.5, 0.6) is 0 Å². The SMILES string of the molecule is CSc1nc(Cl)c2cnn(COCC[Si](C)(C)C)c2n1. The number of hydrogen-bond donors (Lipinski definition) is 0. The summed E-state index contributed by atoms with van der Waals surface area (Å²) in [5.41, 5.74) is 0.724. The average Bonchev–Trinajstić information content (AvgIpc) is 2.77. The zero-order valence-corrected chi connectivity index (χ0v) is 14.8. The van der Waals surface area contributed by atoms with E-state index in [4.69, 9.17) is 16.3 Å². The Labute approximate surface area is 129 Å². The molecule has 0 atom stereocenters. The molecule has 110 valence electrons. The zero-order chi connectivity index (χ0) is 14.8. The molecule has 0 fully saturated rings. The topological polar surface area (TPSA) is 52.8 Å². The van der Waals surface area contributed by atoms with Crippen LogP contribution >= 0.6 is 23.4 Å². The van der Waals surface area contributed by atoms with Crippen molar-refractivity contribution in [1.82, 2.24) is 19.7 Å². The maximum absolute atomic E-state index is 6.12. The van der Waals surface area contributed by atoms with Crippen molar-refractivity contribution in [3.8, 4) is 0 Å². The van der Waals surface area contributed by atoms with Crippen LogP contribution in [0.1, 0.15) is 0 Å². The highest BCUT2D eigenvalue weighted by Crippen LogP contribution is 2.23. The zero-order valence-electron chi connectivity index (χ0n) is 12.2. The minimum atomic E-state index is -1.06. The molecule has 0 amide bonds. The number of rotatable bonds is 6. The molecule has 2 aromatic heterocycles. The quantitative estimate of drug-likeness (QED) is 0.267. The second kappa shape index (κ2) is 6.42. The molecular formula is C12H19ClN4OSSi. The smallest absolute Gasteiger partial charge is 0.190 e. The number of hydrogen-bond acceptors (Lipinski definition) is 5. The van der Waals surface area contributed by atoms with E-state index in [1.54, 1.807) is 10.9 Å². The molecule has 2 heterocycles. The highest BCUT2D eigenvalue weighted by atomic mass is 35.5. The monoisotopic (exact) mass is 330 g/mol. The molecule has 0 saturated heterocycles. The van der Waals surface area contributed by atoms with Crippen LogP contribution < -0.4 is 0 Å². The summed E-state index contributed by atoms with van der Waals surface area (Å²) in [4.78, 5) is 8.63. The molecule has 0 bridgehead atoms. The van der Waals surface area contributed by atoms with Crippen LogP contribution in [0.4, 0.5) is 0 Å². The van der Waals surface area contributed by atoms with E-state index in [0.717, 1.165) is 23.7 Å². The lowest BCUT2D eigenvalue weighted by Gasteiger charge is -2.15. The van der Waals surface area contributed by atoms with Gasteiger partial charge in [0.2, 0.25) is 0 Å². The molecule has 0 aliphatic carbocycles. The van der Waals surface area contributed by atoms with Gasteiger partial charge in [0.05, 0.1) is 11.6 Å². The van der Waals surface area contributed by atoms with Gasteiger partial charge in [0.1, 0.15) is 11.9 Å². The van der Waals surface area contributed by atoms with E-state index in [9.17, 15) is 0 Å². The molecule has 0 aromatic carbocycles. The van der Waals surface area contributed by atoms with Crippen LogP contribution in [-0.2, 0) is 11.5 Å². The van der Waals surface area contributed by atoms with Gasteiger partial charge in [-0.2, -0.15) is 5.10 Å². The minimum absolute atomic E-state index is 0.398. The predicted octanol–water partition coefficient (Wildman–Crippen LogP) is 3.51. The first-order valence-corrected chi connectivity index (χ1v) is 11.7. The second-order valence-electron chi connectivity index (χ2n) is 5.73. The largest absolute Gasteiger partial charge is 0.359 e. The Hall–Kier alpha value is -0.633. The third kappa shape index (κ3) is 3.94. The summed E-state index contributed by atoms with van der Waals surface area (Å²) in [5.74, 6) is 0. The fraction of sp³-hybridized carbons (Fsp3) is 0.583. The van der Waals surface area contributed by atoms with Crippen LogP contribution in [0.3, 0.4) is 0 Å². The maximum atomic E-state index is 6.12. The van der Waals surface area contributed by atoms with Gasteiger partial charge in [-0.1, -0.05) is 43.0 Å². The van der Waals surface area contributed by atoms with E-state index in [2.05, 4.69) is 34.7 Å². The lowest BCUT2D eigenvalue weighted by molar-refractivity contribution is 0.0812. The molecule has 2 rings (SSSR count). The van der Waals surface area contributed by atoms with Crippen LogP contribution in [0.2, 0.25) is 30.8 Å². The molecule has 0 N–H and O–H groups in total. The van der Waals surface area contributed by atoms with Crippen molar-refractivity contribution in [3.63, 3.8) is 0 Å². The third-order valence-corrected chi connectivity index (χ3v) is 5.36. The Morgan fingerprint density at radius 1 is 1.35 bits per heavy atom. The molecule has 2 aromatic rings. The number of fused-ring (bicyclic) bond motifs is 1. The summed E-state index contributed by atoms with van der Waals surface area (Å²) in [6.07, 6.45) is 3.60. The second-order valence-corrected chi connectivity index (χ2v) is 12.5. The molecule has 0 radical (unpaired) electrons. The predicted molar refractivity (Wildman–Crippen MR) is 86.2 cm³/mol. The number of thioether (sulfide) groups is 1. The summed E-state index contributed by atoms with van der Waals surface area (Å²) < 4.78 is 7.43. The molecule has 0 saturated carbocycles. The van der Waals surface area contributed by atoms with Crippen molar-refractivity contribution in [2.45, 2.75) is 37.6 Å². The summed E-state index contributed by atoms with van der Waals surface area (Å²) in [5, 5.41) is 6.12. The lowest BCUT2D eigenvalue weighted by Crippen LogP contribution is -2.22. The first-order chi connectivity index (χ1) is 9.40. The Morgan fingerprint density at radius 3 is 2.75 bits per heavy atom. The fourth-order valence-electron chi connectivity index (χ4n) is 1.62. The van der Waals surface area contributed by atoms with Gasteiger partial charge in [0.15, 0.2) is 10.8 Å². The summed E-state index contributed by atoms with van der Waals surface area (Å²) in [6.45, 7) is 8.15. The molecule has 8 heteroatoms. The highest BCUT2D eigenvalue weighted by Gasteiger charge is 2.14. The van der Waals surface area contributed by atoms with Crippen LogP contribution in [-0.4, -0.2) is 40.7 Å². The van der Waals surface area contributed by atoms with Crippen LogP contribution in [0.25, 0.3) is 11.0 Å². The van der Waals surface area contributed by atoms with Gasteiger partial charge >= 0.3 is 0 Å². The van der Waals surface area contributed by atoms with Crippen LogP contribution in [0, 0.1) is 0 Å². The third-order valence-electron chi connectivity index (χ3n) is 2.82. The number of halogens is 1. The van der Waals surface area contributed by atoms with E-state index in [1.165, 1.54) is 11.8 Å². The van der Waals surface area contributed by atoms with E-state index in [1.807, 2.05) is 6.26 Å². The van der Waals surface area contributed by atoms with Gasteiger partial charge in [-0.15, -0.1) is 0 Å². The van der Waals surface area contributed by atoms with Gasteiger partial charge in [0, 0.05) is 14.7 Å². The molecule has 0 unspecified atom stereocenters. The minimum Gasteiger partial charge on any atom is -0.359 e. The van der Waals surface area contributed by atoms with Crippen molar-refractivity contribution in [3.05, 3.63) is 11.3 Å². The Bertz CT molecular complexity index is 599.